The van der Waals surface area contributed by atoms with E-state index in [1.54, 1.807) is 6.07 Å². The van der Waals surface area contributed by atoms with Crippen molar-refractivity contribution in [3.8, 4) is 0 Å². The Morgan fingerprint density at radius 2 is 1.63 bits per heavy atom. The van der Waals surface area contributed by atoms with Crippen molar-refractivity contribution in [1.82, 2.24) is 4.98 Å². The van der Waals surface area contributed by atoms with Gasteiger partial charge in [0.2, 0.25) is 0 Å². The fraction of sp³-hybridized carbons (Fsp3) is 0.667. The van der Waals surface area contributed by atoms with Gasteiger partial charge in [-0.2, -0.15) is 0 Å². The number of hydrogen-bond acceptors (Lipinski definition) is 4. The van der Waals surface area contributed by atoms with Gasteiger partial charge >= 0.3 is 35.5 Å². The summed E-state index contributed by atoms with van der Waals surface area (Å²) >= 11 is 0. The number of hydrogen-bond donors (Lipinski definition) is 1. The van der Waals surface area contributed by atoms with Crippen molar-refractivity contribution in [2.45, 2.75) is 90.5 Å². The van der Waals surface area contributed by atoms with Crippen LogP contribution in [-0.2, 0) is 11.2 Å². The Bertz CT molecular complexity index is 547. The van der Waals surface area contributed by atoms with Crippen LogP contribution in [0.2, 0.25) is 0 Å². The first-order valence-electron chi connectivity index (χ1n) is 9.97. The number of nitrogens with zero attached hydrogens (tertiary/aromatic N) is 2. The van der Waals surface area contributed by atoms with Gasteiger partial charge in [0.15, 0.2) is 0 Å². The van der Waals surface area contributed by atoms with Crippen LogP contribution in [-0.4, -0.2) is 28.0 Å². The molecule has 6 heteroatoms. The molecule has 0 bridgehead atoms. The summed E-state index contributed by atoms with van der Waals surface area (Å²) in [6, 6.07) is 2.48. The van der Waals surface area contributed by atoms with Crippen molar-refractivity contribution in [3.63, 3.8) is 0 Å². The van der Waals surface area contributed by atoms with Crippen LogP contribution in [0.5, 0.6) is 0 Å². The molecule has 1 heterocycles. The predicted molar refractivity (Wildman–Crippen MR) is 103 cm³/mol. The first-order valence-corrected chi connectivity index (χ1v) is 9.97. The fourth-order valence-corrected chi connectivity index (χ4v) is 2.80. The summed E-state index contributed by atoms with van der Waals surface area (Å²) in [5.74, 6) is -1.64. The second-order valence-corrected chi connectivity index (χ2v) is 6.92. The van der Waals surface area contributed by atoms with E-state index in [0.29, 0.717) is 5.56 Å². The molecule has 0 spiro atoms. The molecular formula is C21H33N2NaO3. The van der Waals surface area contributed by atoms with E-state index in [1.807, 2.05) is 6.07 Å². The van der Waals surface area contributed by atoms with Gasteiger partial charge in [0, 0.05) is 17.5 Å². The largest absolute Gasteiger partial charge is 1.00 e. The summed E-state index contributed by atoms with van der Waals surface area (Å²) in [6.45, 7) is 3.63. The Hall–Kier alpha value is -0.910. The van der Waals surface area contributed by atoms with Crippen molar-refractivity contribution >= 4 is 11.9 Å². The van der Waals surface area contributed by atoms with Gasteiger partial charge in [0.1, 0.15) is 6.04 Å². The van der Waals surface area contributed by atoms with E-state index in [9.17, 15) is 9.90 Å². The second kappa shape index (κ2) is 16.1. The molecule has 1 atom stereocenters. The quantitative estimate of drug-likeness (QED) is 0.225. The van der Waals surface area contributed by atoms with Crippen LogP contribution in [0, 0.1) is 0 Å². The average Bonchev–Trinajstić information content (AvgIpc) is 2.63. The van der Waals surface area contributed by atoms with Crippen LogP contribution in [0.1, 0.15) is 89.3 Å². The Morgan fingerprint density at radius 1 is 1.07 bits per heavy atom. The minimum atomic E-state index is -1.11. The summed E-state index contributed by atoms with van der Waals surface area (Å²) in [5.41, 5.74) is 1.30. The van der Waals surface area contributed by atoms with Crippen LogP contribution in [0.4, 0.5) is 0 Å². The number of carboxylic acids is 1. The fourth-order valence-electron chi connectivity index (χ4n) is 2.80. The Kier molecular flexibility index (Phi) is 15.5. The van der Waals surface area contributed by atoms with E-state index in [-0.39, 0.29) is 29.6 Å². The van der Waals surface area contributed by atoms with Gasteiger partial charge in [-0.1, -0.05) is 70.8 Å². The SMILES string of the molecule is CCCCCCCCCCCCc1ccc(C([O-])=N[C@@H](C)C(=O)O)cn1.[Na+]. The Morgan fingerprint density at radius 3 is 2.11 bits per heavy atom. The van der Waals surface area contributed by atoms with E-state index < -0.39 is 17.9 Å². The molecule has 0 aromatic carbocycles. The molecule has 146 valence electrons. The zero-order chi connectivity index (χ0) is 19.2. The van der Waals surface area contributed by atoms with Gasteiger partial charge in [0.05, 0.1) is 0 Å². The standard InChI is InChI=1S/C21H34N2O3.Na/c1-3-4-5-6-7-8-9-10-11-12-13-19-15-14-18(16-22-19)20(24)23-17(2)21(25)26;/h14-17H,3-13H2,1-2H3,(H,23,24)(H,25,26);/q;+1/p-1/t17-;/m0./s1. The maximum atomic E-state index is 11.8. The number of carbonyl (C=O) groups is 1. The molecule has 27 heavy (non-hydrogen) atoms. The summed E-state index contributed by atoms with van der Waals surface area (Å²) in [6.07, 6.45) is 15.4. The first kappa shape index (κ1) is 26.1. The molecule has 0 aliphatic rings. The third-order valence-corrected chi connectivity index (χ3v) is 4.53. The number of carboxylic acid groups (broad SMARTS) is 1. The zero-order valence-electron chi connectivity index (χ0n) is 17.2. The van der Waals surface area contributed by atoms with Gasteiger partial charge in [0.25, 0.3) is 0 Å². The van der Waals surface area contributed by atoms with Gasteiger partial charge in [-0.25, -0.2) is 4.79 Å². The number of aryl methyl sites for hydroxylation is 1. The molecule has 1 N–H and O–H groups in total. The smallest absolute Gasteiger partial charge is 0.858 e. The maximum absolute atomic E-state index is 11.8. The molecular weight excluding hydrogens is 351 g/mol. The Balaban J connectivity index is 0.00000676. The normalized spacial score (nSPS) is 12.4. The van der Waals surface area contributed by atoms with E-state index in [4.69, 9.17) is 5.11 Å². The minimum Gasteiger partial charge on any atom is -0.858 e. The van der Waals surface area contributed by atoms with Crippen LogP contribution < -0.4 is 34.7 Å². The molecule has 5 nitrogen and oxygen atoms in total. The molecule has 0 saturated heterocycles. The number of rotatable bonds is 14. The van der Waals surface area contributed by atoms with Crippen molar-refractivity contribution in [1.29, 1.82) is 0 Å². The average molecular weight is 384 g/mol. The molecule has 0 unspecified atom stereocenters. The topological polar surface area (TPSA) is 85.6 Å². The van der Waals surface area contributed by atoms with Gasteiger partial charge in [-0.3, -0.25) is 9.98 Å². The summed E-state index contributed by atoms with van der Waals surface area (Å²) in [4.78, 5) is 18.7. The monoisotopic (exact) mass is 384 g/mol. The predicted octanol–water partition coefficient (Wildman–Crippen LogP) is 1.13. The number of pyridine rings is 1. The third kappa shape index (κ3) is 12.2. The van der Waals surface area contributed by atoms with Crippen molar-refractivity contribution in [2.75, 3.05) is 0 Å². The number of aliphatic imine (C=N–C) groups is 1. The van der Waals surface area contributed by atoms with Gasteiger partial charge < -0.3 is 10.2 Å². The molecule has 1 aromatic heterocycles. The molecule has 0 fully saturated rings. The van der Waals surface area contributed by atoms with E-state index in [0.717, 1.165) is 18.5 Å². The van der Waals surface area contributed by atoms with Gasteiger partial charge in [-0.15, -0.1) is 0 Å². The number of unbranched alkanes of at least 4 members (excludes halogenated alkanes) is 9. The number of aliphatic carboxylic acids is 1. The molecule has 1 aromatic rings. The molecule has 0 radical (unpaired) electrons. The molecule has 1 rings (SSSR count). The van der Waals surface area contributed by atoms with E-state index >= 15 is 0 Å². The van der Waals surface area contributed by atoms with Crippen molar-refractivity contribution in [3.05, 3.63) is 29.6 Å². The van der Waals surface area contributed by atoms with Crippen molar-refractivity contribution < 1.29 is 44.6 Å². The van der Waals surface area contributed by atoms with Gasteiger partial charge in [-0.05, 0) is 31.7 Å². The zero-order valence-corrected chi connectivity index (χ0v) is 19.2. The van der Waals surface area contributed by atoms with Crippen molar-refractivity contribution in [2.24, 2.45) is 4.99 Å². The van der Waals surface area contributed by atoms with Crippen LogP contribution >= 0.6 is 0 Å². The van der Waals surface area contributed by atoms with E-state index in [1.165, 1.54) is 70.9 Å². The van der Waals surface area contributed by atoms with Crippen LogP contribution in [0.25, 0.3) is 0 Å². The molecule has 0 aliphatic carbocycles. The third-order valence-electron chi connectivity index (χ3n) is 4.53. The maximum Gasteiger partial charge on any atom is 1.00 e. The molecule has 0 amide bonds. The summed E-state index contributed by atoms with van der Waals surface area (Å²) in [7, 11) is 0. The Labute approximate surface area is 186 Å². The van der Waals surface area contributed by atoms with Crippen LogP contribution in [0.3, 0.4) is 0 Å². The number of aromatic nitrogens is 1. The molecule has 0 aliphatic heterocycles. The second-order valence-electron chi connectivity index (χ2n) is 6.92. The molecule has 0 saturated carbocycles. The van der Waals surface area contributed by atoms with E-state index in [2.05, 4.69) is 16.9 Å². The minimum absolute atomic E-state index is 0. The first-order chi connectivity index (χ1) is 12.5. The summed E-state index contributed by atoms with van der Waals surface area (Å²) in [5, 5.41) is 20.6. The summed E-state index contributed by atoms with van der Waals surface area (Å²) < 4.78 is 0. The van der Waals surface area contributed by atoms with Crippen LogP contribution in [0.15, 0.2) is 23.3 Å².